The molecule has 2 atom stereocenters. The molecule has 104 valence electrons. The van der Waals surface area contributed by atoms with Gasteiger partial charge in [0.05, 0.1) is 5.60 Å². The van der Waals surface area contributed by atoms with Crippen LogP contribution in [-0.2, 0) is 6.42 Å². The summed E-state index contributed by atoms with van der Waals surface area (Å²) in [7, 11) is 0. The molecule has 2 aliphatic carbocycles. The number of hydrogen-bond donors (Lipinski definition) is 1. The maximum Gasteiger partial charge on any atom is 0.0691 e. The Labute approximate surface area is 128 Å². The molecule has 3 heteroatoms. The zero-order valence-corrected chi connectivity index (χ0v) is 13.4. The lowest BCUT2D eigenvalue weighted by Crippen LogP contribution is -2.38. The first-order valence-electron chi connectivity index (χ1n) is 7.22. The van der Waals surface area contributed by atoms with Crippen LogP contribution in [0.2, 0.25) is 5.02 Å². The second-order valence-electron chi connectivity index (χ2n) is 6.33. The van der Waals surface area contributed by atoms with E-state index < -0.39 is 5.60 Å². The number of halogens is 2. The molecule has 0 saturated heterocycles. The summed E-state index contributed by atoms with van der Waals surface area (Å²) in [6.07, 6.45) is 7.79. The monoisotopic (exact) mass is 342 g/mol. The minimum atomic E-state index is -0.539. The lowest BCUT2D eigenvalue weighted by atomic mass is 9.73. The average molecular weight is 344 g/mol. The number of aliphatic hydroxyl groups is 1. The van der Waals surface area contributed by atoms with Crippen LogP contribution in [0.25, 0.3) is 0 Å². The molecule has 2 saturated carbocycles. The van der Waals surface area contributed by atoms with Gasteiger partial charge in [-0.25, -0.2) is 0 Å². The quantitative estimate of drug-likeness (QED) is 0.821. The molecule has 0 spiro atoms. The fourth-order valence-corrected chi connectivity index (χ4v) is 4.28. The van der Waals surface area contributed by atoms with Crippen molar-refractivity contribution in [3.05, 3.63) is 33.3 Å². The van der Waals surface area contributed by atoms with Crippen molar-refractivity contribution in [1.82, 2.24) is 0 Å². The van der Waals surface area contributed by atoms with Crippen LogP contribution >= 0.6 is 27.5 Å². The predicted octanol–water partition coefficient (Wildman–Crippen LogP) is 4.98. The fourth-order valence-electron chi connectivity index (χ4n) is 3.54. The van der Waals surface area contributed by atoms with Gasteiger partial charge in [0.2, 0.25) is 0 Å². The molecular formula is C16H20BrClO. The van der Waals surface area contributed by atoms with E-state index in [4.69, 9.17) is 11.6 Å². The van der Waals surface area contributed by atoms with Crippen LogP contribution in [0.15, 0.2) is 22.7 Å². The first-order valence-corrected chi connectivity index (χ1v) is 8.39. The maximum absolute atomic E-state index is 10.9. The fraction of sp³-hybridized carbons (Fsp3) is 0.625. The lowest BCUT2D eigenvalue weighted by Gasteiger charge is -2.37. The van der Waals surface area contributed by atoms with E-state index in [1.165, 1.54) is 19.3 Å². The molecule has 1 N–H and O–H groups in total. The van der Waals surface area contributed by atoms with Gasteiger partial charge < -0.3 is 5.11 Å². The Morgan fingerprint density at radius 3 is 2.74 bits per heavy atom. The van der Waals surface area contributed by atoms with Gasteiger partial charge in [0.15, 0.2) is 0 Å². The second-order valence-corrected chi connectivity index (χ2v) is 7.65. The molecule has 0 aromatic heterocycles. The van der Waals surface area contributed by atoms with Crippen LogP contribution in [0.3, 0.4) is 0 Å². The summed E-state index contributed by atoms with van der Waals surface area (Å²) >= 11 is 9.71. The van der Waals surface area contributed by atoms with E-state index in [1.54, 1.807) is 0 Å². The minimum Gasteiger partial charge on any atom is -0.390 e. The zero-order chi connectivity index (χ0) is 13.5. The van der Waals surface area contributed by atoms with Crippen molar-refractivity contribution >= 4 is 27.5 Å². The van der Waals surface area contributed by atoms with Gasteiger partial charge in [0.1, 0.15) is 0 Å². The summed E-state index contributed by atoms with van der Waals surface area (Å²) in [6, 6.07) is 5.96. The normalized spacial score (nSPS) is 31.4. The highest BCUT2D eigenvalue weighted by molar-refractivity contribution is 9.10. The standard InChI is InChI=1S/C16H20BrClO/c17-14-6-5-13(15(18)8-14)10-16(19)7-1-2-12(9-16)11-3-4-11/h5-6,8,11-12,19H,1-4,7,9-10H2. The second kappa shape index (κ2) is 5.38. The van der Waals surface area contributed by atoms with E-state index >= 15 is 0 Å². The van der Waals surface area contributed by atoms with Crippen LogP contribution in [0.1, 0.15) is 44.1 Å². The highest BCUT2D eigenvalue weighted by atomic mass is 79.9. The Bertz CT molecular complexity index is 472. The van der Waals surface area contributed by atoms with Gasteiger partial charge in [-0.15, -0.1) is 0 Å². The van der Waals surface area contributed by atoms with Crippen LogP contribution in [0, 0.1) is 11.8 Å². The molecule has 3 rings (SSSR count). The first kappa shape index (κ1) is 13.9. The summed E-state index contributed by atoms with van der Waals surface area (Å²) in [5.41, 5.74) is 0.534. The predicted molar refractivity (Wildman–Crippen MR) is 82.5 cm³/mol. The molecule has 0 radical (unpaired) electrons. The summed E-state index contributed by atoms with van der Waals surface area (Å²) in [5.74, 6) is 1.64. The summed E-state index contributed by atoms with van der Waals surface area (Å²) in [6.45, 7) is 0. The number of rotatable bonds is 3. The Morgan fingerprint density at radius 2 is 2.05 bits per heavy atom. The minimum absolute atomic E-state index is 0.539. The molecule has 1 aromatic rings. The molecule has 1 aromatic carbocycles. The van der Waals surface area contributed by atoms with E-state index in [0.717, 1.165) is 46.2 Å². The van der Waals surface area contributed by atoms with E-state index in [9.17, 15) is 5.11 Å². The van der Waals surface area contributed by atoms with Crippen LogP contribution in [0.5, 0.6) is 0 Å². The summed E-state index contributed by atoms with van der Waals surface area (Å²) in [5, 5.41) is 11.7. The Balaban J connectivity index is 1.73. The van der Waals surface area contributed by atoms with Crippen LogP contribution in [-0.4, -0.2) is 10.7 Å². The molecule has 2 fully saturated rings. The molecule has 1 nitrogen and oxygen atoms in total. The summed E-state index contributed by atoms with van der Waals surface area (Å²) in [4.78, 5) is 0. The molecule has 2 unspecified atom stereocenters. The van der Waals surface area contributed by atoms with E-state index in [0.29, 0.717) is 6.42 Å². The summed E-state index contributed by atoms with van der Waals surface area (Å²) < 4.78 is 0.993. The Hall–Kier alpha value is -0.0500. The topological polar surface area (TPSA) is 20.2 Å². The van der Waals surface area contributed by atoms with Gasteiger partial charge in [0.25, 0.3) is 0 Å². The van der Waals surface area contributed by atoms with Crippen molar-refractivity contribution in [1.29, 1.82) is 0 Å². The van der Waals surface area contributed by atoms with Gasteiger partial charge in [-0.1, -0.05) is 40.0 Å². The van der Waals surface area contributed by atoms with Gasteiger partial charge in [-0.3, -0.25) is 0 Å². The van der Waals surface area contributed by atoms with Crippen molar-refractivity contribution in [2.75, 3.05) is 0 Å². The van der Waals surface area contributed by atoms with Crippen LogP contribution in [0.4, 0.5) is 0 Å². The van der Waals surface area contributed by atoms with Gasteiger partial charge in [0, 0.05) is 15.9 Å². The average Bonchev–Trinajstić information content (AvgIpc) is 3.17. The number of hydrogen-bond acceptors (Lipinski definition) is 1. The zero-order valence-electron chi connectivity index (χ0n) is 11.0. The molecule has 2 aliphatic rings. The SMILES string of the molecule is OC1(Cc2ccc(Br)cc2Cl)CCCC(C2CC2)C1. The van der Waals surface area contributed by atoms with Gasteiger partial charge in [-0.2, -0.15) is 0 Å². The van der Waals surface area contributed by atoms with Crippen LogP contribution < -0.4 is 0 Å². The molecule has 0 bridgehead atoms. The van der Waals surface area contributed by atoms with E-state index in [1.807, 2.05) is 18.2 Å². The first-order chi connectivity index (χ1) is 9.06. The molecular weight excluding hydrogens is 324 g/mol. The third kappa shape index (κ3) is 3.34. The lowest BCUT2D eigenvalue weighted by molar-refractivity contribution is -0.0195. The van der Waals surface area contributed by atoms with Crippen molar-refractivity contribution in [3.63, 3.8) is 0 Å². The van der Waals surface area contributed by atoms with Crippen molar-refractivity contribution in [2.45, 2.75) is 50.5 Å². The molecule has 0 amide bonds. The molecule has 19 heavy (non-hydrogen) atoms. The smallest absolute Gasteiger partial charge is 0.0691 e. The van der Waals surface area contributed by atoms with E-state index in [-0.39, 0.29) is 0 Å². The highest BCUT2D eigenvalue weighted by Gasteiger charge is 2.41. The third-order valence-corrected chi connectivity index (χ3v) is 5.53. The Morgan fingerprint density at radius 1 is 1.26 bits per heavy atom. The van der Waals surface area contributed by atoms with Crippen molar-refractivity contribution in [2.24, 2.45) is 11.8 Å². The van der Waals surface area contributed by atoms with Crippen molar-refractivity contribution in [3.8, 4) is 0 Å². The highest BCUT2D eigenvalue weighted by Crippen LogP contribution is 2.47. The van der Waals surface area contributed by atoms with Gasteiger partial charge in [-0.05, 0) is 61.6 Å². The number of benzene rings is 1. The largest absolute Gasteiger partial charge is 0.390 e. The van der Waals surface area contributed by atoms with Gasteiger partial charge >= 0.3 is 0 Å². The molecule has 0 heterocycles. The third-order valence-electron chi connectivity index (χ3n) is 4.68. The maximum atomic E-state index is 10.9. The van der Waals surface area contributed by atoms with E-state index in [2.05, 4.69) is 15.9 Å². The molecule has 0 aliphatic heterocycles. The van der Waals surface area contributed by atoms with Crippen molar-refractivity contribution < 1.29 is 5.11 Å². The Kier molecular flexibility index (Phi) is 3.94.